The molecule has 3 rings (SSSR count). The second-order valence-corrected chi connectivity index (χ2v) is 10.4. The molecule has 0 saturated heterocycles. The lowest BCUT2D eigenvalue weighted by atomic mass is 10.1. The monoisotopic (exact) mass is 589 g/mol. The Hall–Kier alpha value is -3.74. The van der Waals surface area contributed by atoms with Crippen LogP contribution in [0.25, 0.3) is 0 Å². The maximum Gasteiger partial charge on any atom is 0.416 e. The number of carbonyl (C=O) groups is 1. The molecule has 3 aromatic carbocycles. The number of nitrogens with zero attached hydrogens (tertiary/aromatic N) is 1. The van der Waals surface area contributed by atoms with E-state index in [-0.39, 0.29) is 29.6 Å². The number of alkyl halides is 6. The van der Waals surface area contributed by atoms with Gasteiger partial charge in [0.1, 0.15) is 4.90 Å². The van der Waals surface area contributed by atoms with Crippen LogP contribution in [0.2, 0.25) is 0 Å². The van der Waals surface area contributed by atoms with Crippen molar-refractivity contribution in [1.29, 1.82) is 0 Å². The topological polar surface area (TPSA) is 72.9 Å². The van der Waals surface area contributed by atoms with Crippen molar-refractivity contribution in [3.05, 3.63) is 89.0 Å². The summed E-state index contributed by atoms with van der Waals surface area (Å²) in [5.74, 6) is -0.926. The summed E-state index contributed by atoms with van der Waals surface area (Å²) in [6.07, 6.45) is -8.84. The van der Waals surface area contributed by atoms with E-state index in [1.807, 2.05) is 6.92 Å². The Morgan fingerprint density at radius 1 is 0.875 bits per heavy atom. The molecule has 216 valence electrons. The van der Waals surface area contributed by atoms with Crippen LogP contribution in [0.4, 0.5) is 26.3 Å². The first-order chi connectivity index (χ1) is 18.6. The SMILES string of the molecule is CC[C@H](C)N(Cc1ccc(OC)c(OS(=O)(=O)c2cccc(C(F)(F)F)c2)c1)C(=O)c1ccc(C(F)(F)F)cc1. The molecule has 40 heavy (non-hydrogen) atoms. The summed E-state index contributed by atoms with van der Waals surface area (Å²) in [6, 6.07) is 10.6. The van der Waals surface area contributed by atoms with Gasteiger partial charge in [-0.15, -0.1) is 0 Å². The van der Waals surface area contributed by atoms with E-state index in [2.05, 4.69) is 0 Å². The summed E-state index contributed by atoms with van der Waals surface area (Å²) >= 11 is 0. The normalized spacial score (nSPS) is 13.0. The quantitative estimate of drug-likeness (QED) is 0.200. The molecule has 6 nitrogen and oxygen atoms in total. The average Bonchev–Trinajstić information content (AvgIpc) is 2.90. The zero-order valence-corrected chi connectivity index (χ0v) is 22.3. The van der Waals surface area contributed by atoms with Crippen LogP contribution in [0.15, 0.2) is 71.6 Å². The Morgan fingerprint density at radius 2 is 1.50 bits per heavy atom. The Labute approximate surface area is 227 Å². The fraction of sp³-hybridized carbons (Fsp3) is 0.296. The number of carbonyl (C=O) groups excluding carboxylic acids is 1. The minimum Gasteiger partial charge on any atom is -0.493 e. The van der Waals surface area contributed by atoms with Crippen molar-refractivity contribution >= 4 is 16.0 Å². The number of hydrogen-bond acceptors (Lipinski definition) is 5. The van der Waals surface area contributed by atoms with Crippen molar-refractivity contribution < 1.29 is 48.5 Å². The van der Waals surface area contributed by atoms with Crippen LogP contribution < -0.4 is 8.92 Å². The van der Waals surface area contributed by atoms with Crippen LogP contribution in [0.1, 0.15) is 47.3 Å². The molecule has 0 aliphatic heterocycles. The highest BCUT2D eigenvalue weighted by molar-refractivity contribution is 7.87. The summed E-state index contributed by atoms with van der Waals surface area (Å²) in [7, 11) is -3.49. The van der Waals surface area contributed by atoms with Crippen molar-refractivity contribution in [2.45, 2.75) is 50.1 Å². The molecule has 0 heterocycles. The fourth-order valence-corrected chi connectivity index (χ4v) is 4.67. The minimum atomic E-state index is -4.78. The Kier molecular flexibility index (Phi) is 9.07. The van der Waals surface area contributed by atoms with E-state index in [0.29, 0.717) is 18.1 Å². The molecule has 1 amide bonds. The largest absolute Gasteiger partial charge is 0.493 e. The number of amides is 1. The third-order valence-corrected chi connectivity index (χ3v) is 7.30. The third-order valence-electron chi connectivity index (χ3n) is 6.07. The molecule has 0 bridgehead atoms. The molecule has 0 radical (unpaired) electrons. The standard InChI is InChI=1S/C27H25F6NO5S/c1-4-17(2)34(25(35)19-9-11-20(12-10-19)26(28,29)30)16-18-8-13-23(38-3)24(14-18)39-40(36,37)22-7-5-6-21(15-22)27(31,32)33/h5-15,17H,4,16H2,1-3H3/t17-/m0/s1. The second-order valence-electron chi connectivity index (χ2n) is 8.81. The zero-order valence-electron chi connectivity index (χ0n) is 21.5. The maximum absolute atomic E-state index is 13.2. The lowest BCUT2D eigenvalue weighted by Gasteiger charge is -2.29. The van der Waals surface area contributed by atoms with Gasteiger partial charge in [0.2, 0.25) is 0 Å². The molecular weight excluding hydrogens is 564 g/mol. The Morgan fingerprint density at radius 3 is 2.05 bits per heavy atom. The lowest BCUT2D eigenvalue weighted by Crippen LogP contribution is -2.37. The van der Waals surface area contributed by atoms with Gasteiger partial charge < -0.3 is 13.8 Å². The summed E-state index contributed by atoms with van der Waals surface area (Å²) in [4.78, 5) is 13.9. The molecule has 0 unspecified atom stereocenters. The van der Waals surface area contributed by atoms with Gasteiger partial charge in [-0.05, 0) is 73.5 Å². The molecule has 13 heteroatoms. The highest BCUT2D eigenvalue weighted by atomic mass is 32.2. The van der Waals surface area contributed by atoms with Crippen LogP contribution in [-0.4, -0.2) is 32.4 Å². The first-order valence-electron chi connectivity index (χ1n) is 11.8. The van der Waals surface area contributed by atoms with Crippen LogP contribution in [-0.2, 0) is 29.0 Å². The zero-order chi connectivity index (χ0) is 29.9. The Balaban J connectivity index is 1.92. The Bertz CT molecular complexity index is 1450. The maximum atomic E-state index is 13.2. The first kappa shape index (κ1) is 30.8. The fourth-order valence-electron chi connectivity index (χ4n) is 3.69. The van der Waals surface area contributed by atoms with Crippen LogP contribution in [0.3, 0.4) is 0 Å². The van der Waals surface area contributed by atoms with Crippen molar-refractivity contribution in [2.75, 3.05) is 7.11 Å². The van der Waals surface area contributed by atoms with Gasteiger partial charge >= 0.3 is 22.5 Å². The minimum absolute atomic E-state index is 0.0189. The number of halogens is 6. The van der Waals surface area contributed by atoms with Gasteiger partial charge in [0.05, 0.1) is 18.2 Å². The van der Waals surface area contributed by atoms with Gasteiger partial charge in [-0.1, -0.05) is 19.1 Å². The van der Waals surface area contributed by atoms with Gasteiger partial charge in [-0.3, -0.25) is 4.79 Å². The van der Waals surface area contributed by atoms with Crippen molar-refractivity contribution in [1.82, 2.24) is 4.90 Å². The van der Waals surface area contributed by atoms with E-state index in [4.69, 9.17) is 8.92 Å². The van der Waals surface area contributed by atoms with Crippen LogP contribution in [0, 0.1) is 0 Å². The smallest absolute Gasteiger partial charge is 0.416 e. The van der Waals surface area contributed by atoms with Crippen LogP contribution >= 0.6 is 0 Å². The van der Waals surface area contributed by atoms with E-state index in [1.165, 1.54) is 30.2 Å². The second kappa shape index (κ2) is 11.8. The summed E-state index contributed by atoms with van der Waals surface area (Å²) in [5, 5.41) is 0. The van der Waals surface area contributed by atoms with Gasteiger partial charge in [0.15, 0.2) is 11.5 Å². The average molecular weight is 590 g/mol. The predicted octanol–water partition coefficient (Wildman–Crippen LogP) is 6.94. The molecule has 0 saturated carbocycles. The molecule has 0 aliphatic carbocycles. The summed E-state index contributed by atoms with van der Waals surface area (Å²) in [5.41, 5.74) is -1.69. The van der Waals surface area contributed by atoms with E-state index in [0.717, 1.165) is 42.5 Å². The number of benzene rings is 3. The molecule has 0 N–H and O–H groups in total. The van der Waals surface area contributed by atoms with Crippen molar-refractivity contribution in [3.8, 4) is 11.5 Å². The lowest BCUT2D eigenvalue weighted by molar-refractivity contribution is -0.138. The van der Waals surface area contributed by atoms with Gasteiger partial charge in [-0.2, -0.15) is 34.8 Å². The number of rotatable bonds is 9. The van der Waals surface area contributed by atoms with Gasteiger partial charge in [-0.25, -0.2) is 0 Å². The molecular formula is C27H25F6NO5S. The highest BCUT2D eigenvalue weighted by Crippen LogP contribution is 2.34. The number of methoxy groups -OCH3 is 1. The molecule has 1 atom stereocenters. The summed E-state index contributed by atoms with van der Waals surface area (Å²) < 4.78 is 114. The van der Waals surface area contributed by atoms with E-state index < -0.39 is 44.4 Å². The van der Waals surface area contributed by atoms with Gasteiger partial charge in [0.25, 0.3) is 5.91 Å². The highest BCUT2D eigenvalue weighted by Gasteiger charge is 2.33. The van der Waals surface area contributed by atoms with Crippen molar-refractivity contribution in [2.24, 2.45) is 0 Å². The summed E-state index contributed by atoms with van der Waals surface area (Å²) in [6.45, 7) is 3.46. The van der Waals surface area contributed by atoms with E-state index in [9.17, 15) is 39.6 Å². The number of hydrogen-bond donors (Lipinski definition) is 0. The molecule has 0 spiro atoms. The molecule has 0 fully saturated rings. The predicted molar refractivity (Wildman–Crippen MR) is 133 cm³/mol. The molecule has 0 aromatic heterocycles. The van der Waals surface area contributed by atoms with E-state index in [1.54, 1.807) is 6.92 Å². The third kappa shape index (κ3) is 7.26. The van der Waals surface area contributed by atoms with E-state index >= 15 is 0 Å². The molecule has 3 aromatic rings. The van der Waals surface area contributed by atoms with Gasteiger partial charge in [0, 0.05) is 18.2 Å². The van der Waals surface area contributed by atoms with Crippen LogP contribution in [0.5, 0.6) is 11.5 Å². The first-order valence-corrected chi connectivity index (χ1v) is 13.2. The molecule has 0 aliphatic rings. The van der Waals surface area contributed by atoms with Crippen molar-refractivity contribution in [3.63, 3.8) is 0 Å². The number of ether oxygens (including phenoxy) is 1.